The molecule has 1 amide bonds. The van der Waals surface area contributed by atoms with Crippen LogP contribution in [0.5, 0.6) is 0 Å². The summed E-state index contributed by atoms with van der Waals surface area (Å²) in [6.45, 7) is 3.34. The van der Waals surface area contributed by atoms with E-state index in [1.165, 1.54) is 31.2 Å². The van der Waals surface area contributed by atoms with Gasteiger partial charge in [0.2, 0.25) is 5.91 Å². The number of amides is 1. The number of rotatable bonds is 3. The van der Waals surface area contributed by atoms with Crippen molar-refractivity contribution in [2.75, 3.05) is 9.62 Å². The minimum Gasteiger partial charge on any atom is -0.309 e. The summed E-state index contributed by atoms with van der Waals surface area (Å²) in [5.74, 6) is -0.854. The maximum absolute atomic E-state index is 14.0. The molecule has 1 heterocycles. The molecule has 26 heavy (non-hydrogen) atoms. The van der Waals surface area contributed by atoms with E-state index in [0.29, 0.717) is 21.1 Å². The second-order valence-corrected chi connectivity index (χ2v) is 9.50. The highest BCUT2D eigenvalue weighted by Gasteiger charge is 2.32. The smallest absolute Gasteiger partial charge is 0.263 e. The lowest BCUT2D eigenvalue weighted by Crippen LogP contribution is -2.33. The monoisotopic (exact) mass is 504 g/mol. The minimum atomic E-state index is -4.06. The third-order valence-electron chi connectivity index (χ3n) is 4.15. The van der Waals surface area contributed by atoms with E-state index in [0.717, 1.165) is 5.56 Å². The molecular formula is C17H15Br2FN2O3S. The fourth-order valence-electron chi connectivity index (χ4n) is 3.08. The van der Waals surface area contributed by atoms with Crippen LogP contribution in [0.1, 0.15) is 19.4 Å². The number of nitrogens with zero attached hydrogens (tertiary/aromatic N) is 1. The number of halogens is 3. The van der Waals surface area contributed by atoms with Crippen LogP contribution in [0.3, 0.4) is 0 Å². The normalized spacial score (nSPS) is 16.5. The van der Waals surface area contributed by atoms with Crippen LogP contribution in [-0.2, 0) is 21.2 Å². The van der Waals surface area contributed by atoms with Gasteiger partial charge in [0.15, 0.2) is 0 Å². The lowest BCUT2D eigenvalue weighted by Gasteiger charge is -2.21. The van der Waals surface area contributed by atoms with E-state index in [1.807, 2.05) is 6.92 Å². The van der Waals surface area contributed by atoms with Crippen molar-refractivity contribution >= 4 is 59.2 Å². The summed E-state index contributed by atoms with van der Waals surface area (Å²) in [4.78, 5) is 13.4. The molecule has 0 radical (unpaired) electrons. The molecule has 1 atom stereocenters. The van der Waals surface area contributed by atoms with Crippen LogP contribution in [0.4, 0.5) is 15.8 Å². The van der Waals surface area contributed by atoms with E-state index >= 15 is 0 Å². The van der Waals surface area contributed by atoms with Gasteiger partial charge in [0.1, 0.15) is 10.7 Å². The molecule has 0 saturated carbocycles. The van der Waals surface area contributed by atoms with E-state index in [9.17, 15) is 17.6 Å². The molecule has 0 aromatic heterocycles. The highest BCUT2D eigenvalue weighted by atomic mass is 79.9. The molecule has 2 aromatic carbocycles. The number of carbonyl (C=O) groups is 1. The van der Waals surface area contributed by atoms with Gasteiger partial charge in [-0.2, -0.15) is 0 Å². The summed E-state index contributed by atoms with van der Waals surface area (Å²) >= 11 is 6.41. The molecule has 138 valence electrons. The molecule has 0 spiro atoms. The molecule has 0 aliphatic carbocycles. The van der Waals surface area contributed by atoms with Gasteiger partial charge in [-0.1, -0.05) is 15.9 Å². The van der Waals surface area contributed by atoms with Crippen LogP contribution in [0.15, 0.2) is 44.2 Å². The highest BCUT2D eigenvalue weighted by Crippen LogP contribution is 2.38. The Morgan fingerprint density at radius 1 is 1.27 bits per heavy atom. The van der Waals surface area contributed by atoms with Gasteiger partial charge in [0, 0.05) is 27.6 Å². The number of hydrogen-bond acceptors (Lipinski definition) is 3. The first-order chi connectivity index (χ1) is 12.1. The van der Waals surface area contributed by atoms with Gasteiger partial charge in [-0.3, -0.25) is 9.52 Å². The summed E-state index contributed by atoms with van der Waals surface area (Å²) in [7, 11) is -4.06. The van der Waals surface area contributed by atoms with Crippen molar-refractivity contribution in [1.29, 1.82) is 0 Å². The molecule has 3 rings (SSSR count). The van der Waals surface area contributed by atoms with E-state index in [4.69, 9.17) is 0 Å². The van der Waals surface area contributed by atoms with Gasteiger partial charge < -0.3 is 4.90 Å². The van der Waals surface area contributed by atoms with Gasteiger partial charge in [0.05, 0.1) is 5.69 Å². The topological polar surface area (TPSA) is 66.5 Å². The zero-order chi connectivity index (χ0) is 19.2. The summed E-state index contributed by atoms with van der Waals surface area (Å²) < 4.78 is 42.7. The van der Waals surface area contributed by atoms with Crippen molar-refractivity contribution in [2.24, 2.45) is 0 Å². The number of carbonyl (C=O) groups excluding carboxylic acids is 1. The van der Waals surface area contributed by atoms with E-state index in [2.05, 4.69) is 36.6 Å². The first kappa shape index (κ1) is 19.3. The summed E-state index contributed by atoms with van der Waals surface area (Å²) in [5, 5.41) is 0. The lowest BCUT2D eigenvalue weighted by molar-refractivity contribution is -0.116. The highest BCUT2D eigenvalue weighted by molar-refractivity contribution is 9.10. The number of hydrogen-bond donors (Lipinski definition) is 1. The summed E-state index contributed by atoms with van der Waals surface area (Å²) in [6, 6.07) is 7.14. The van der Waals surface area contributed by atoms with Crippen LogP contribution >= 0.6 is 31.9 Å². The van der Waals surface area contributed by atoms with Gasteiger partial charge in [0.25, 0.3) is 10.0 Å². The second-order valence-electron chi connectivity index (χ2n) is 6.08. The second kappa shape index (κ2) is 6.94. The maximum Gasteiger partial charge on any atom is 0.263 e. The van der Waals surface area contributed by atoms with Crippen LogP contribution < -0.4 is 9.62 Å². The van der Waals surface area contributed by atoms with Crippen molar-refractivity contribution in [3.8, 4) is 0 Å². The van der Waals surface area contributed by atoms with Crippen molar-refractivity contribution in [3.63, 3.8) is 0 Å². The molecular weight excluding hydrogens is 491 g/mol. The molecule has 1 unspecified atom stereocenters. The number of fused-ring (bicyclic) bond motifs is 1. The molecule has 1 aliphatic heterocycles. The summed E-state index contributed by atoms with van der Waals surface area (Å²) in [5.41, 5.74) is 1.29. The zero-order valence-electron chi connectivity index (χ0n) is 13.9. The fourth-order valence-corrected chi connectivity index (χ4v) is 5.59. The van der Waals surface area contributed by atoms with E-state index < -0.39 is 15.8 Å². The number of benzene rings is 2. The standard InChI is InChI=1S/C17H15Br2FN2O3S/c1-9-5-11-6-13(19)17(8-16(11)22(9)10(2)23)26(24,25)21-15-4-3-12(18)7-14(15)20/h3-4,6-9,21H,5H2,1-2H3. The van der Waals surface area contributed by atoms with E-state index in [-0.39, 0.29) is 22.5 Å². The number of nitrogens with one attached hydrogen (secondary N) is 1. The Morgan fingerprint density at radius 3 is 2.58 bits per heavy atom. The molecule has 1 aliphatic rings. The van der Waals surface area contributed by atoms with Gasteiger partial charge in [-0.25, -0.2) is 12.8 Å². The Balaban J connectivity index is 2.05. The molecule has 9 heteroatoms. The van der Waals surface area contributed by atoms with Gasteiger partial charge in [-0.15, -0.1) is 0 Å². The van der Waals surface area contributed by atoms with Crippen LogP contribution in [-0.4, -0.2) is 20.4 Å². The number of sulfonamides is 1. The first-order valence-corrected chi connectivity index (χ1v) is 10.8. The van der Waals surface area contributed by atoms with Crippen LogP contribution in [0.25, 0.3) is 0 Å². The maximum atomic E-state index is 14.0. The Kier molecular flexibility index (Phi) is 5.15. The average molecular weight is 506 g/mol. The Labute approximate surface area is 167 Å². The summed E-state index contributed by atoms with van der Waals surface area (Å²) in [6.07, 6.45) is 0.641. The Morgan fingerprint density at radius 2 is 1.96 bits per heavy atom. The SMILES string of the molecule is CC(=O)N1c2cc(S(=O)(=O)Nc3ccc(Br)cc3F)c(Br)cc2CC1C. The predicted molar refractivity (Wildman–Crippen MR) is 105 cm³/mol. The number of anilines is 2. The third kappa shape index (κ3) is 3.52. The fraction of sp³-hybridized carbons (Fsp3) is 0.235. The average Bonchev–Trinajstić information content (AvgIpc) is 2.84. The molecule has 0 saturated heterocycles. The van der Waals surface area contributed by atoms with Crippen LogP contribution in [0, 0.1) is 5.82 Å². The van der Waals surface area contributed by atoms with Crippen molar-refractivity contribution < 1.29 is 17.6 Å². The largest absolute Gasteiger partial charge is 0.309 e. The molecule has 5 nitrogen and oxygen atoms in total. The third-order valence-corrected chi connectivity index (χ3v) is 6.97. The quantitative estimate of drug-likeness (QED) is 0.670. The van der Waals surface area contributed by atoms with E-state index in [1.54, 1.807) is 11.0 Å². The zero-order valence-corrected chi connectivity index (χ0v) is 17.9. The minimum absolute atomic E-state index is 0.0516. The van der Waals surface area contributed by atoms with Gasteiger partial charge in [-0.05, 0) is 65.2 Å². The Bertz CT molecular complexity index is 1010. The first-order valence-electron chi connectivity index (χ1n) is 7.70. The van der Waals surface area contributed by atoms with Crippen molar-refractivity contribution in [2.45, 2.75) is 31.2 Å². The molecule has 2 aromatic rings. The van der Waals surface area contributed by atoms with Crippen molar-refractivity contribution in [1.82, 2.24) is 0 Å². The predicted octanol–water partition coefficient (Wildman–Crippen LogP) is 4.45. The molecule has 0 fully saturated rings. The van der Waals surface area contributed by atoms with Crippen LogP contribution in [0.2, 0.25) is 0 Å². The molecule has 1 N–H and O–H groups in total. The lowest BCUT2D eigenvalue weighted by atomic mass is 10.1. The van der Waals surface area contributed by atoms with Gasteiger partial charge >= 0.3 is 0 Å². The van der Waals surface area contributed by atoms with Crippen molar-refractivity contribution in [3.05, 3.63) is 50.7 Å². The molecule has 0 bridgehead atoms. The Hall–Kier alpha value is -1.45.